The molecule has 0 N–H and O–H groups in total. The lowest BCUT2D eigenvalue weighted by Gasteiger charge is -2.28. The van der Waals surface area contributed by atoms with Gasteiger partial charge in [-0.2, -0.15) is 0 Å². The normalized spacial score (nSPS) is 13.5. The van der Waals surface area contributed by atoms with Gasteiger partial charge >= 0.3 is 0 Å². The fraction of sp³-hybridized carbons (Fsp3) is 0.184. The van der Waals surface area contributed by atoms with Crippen LogP contribution in [0, 0.1) is 0 Å². The lowest BCUT2D eigenvalue weighted by Crippen LogP contribution is -2.25. The van der Waals surface area contributed by atoms with Crippen LogP contribution in [-0.4, -0.2) is 16.6 Å². The van der Waals surface area contributed by atoms with Crippen molar-refractivity contribution in [2.75, 3.05) is 21.4 Å². The van der Waals surface area contributed by atoms with E-state index in [-0.39, 0.29) is 10.8 Å². The van der Waals surface area contributed by atoms with Gasteiger partial charge in [0.05, 0.1) is 22.7 Å². The van der Waals surface area contributed by atoms with Crippen molar-refractivity contribution < 1.29 is 4.74 Å². The van der Waals surface area contributed by atoms with Crippen LogP contribution in [0.3, 0.4) is 0 Å². The van der Waals surface area contributed by atoms with E-state index in [0.29, 0.717) is 6.67 Å². The second-order valence-electron chi connectivity index (χ2n) is 16.5. The van der Waals surface area contributed by atoms with E-state index in [0.717, 1.165) is 62.7 Å². The maximum Gasteiger partial charge on any atom is 0.137 e. The lowest BCUT2D eigenvalue weighted by atomic mass is 9.87. The van der Waals surface area contributed by atoms with Gasteiger partial charge in [-0.15, -0.1) is 0 Å². The van der Waals surface area contributed by atoms with Crippen LogP contribution in [-0.2, 0) is 10.8 Å². The minimum absolute atomic E-state index is 0.0227. The highest BCUT2D eigenvalue weighted by atomic mass is 16.5. The molecule has 6 nitrogen and oxygen atoms in total. The smallest absolute Gasteiger partial charge is 0.137 e. The van der Waals surface area contributed by atoms with Crippen LogP contribution in [0.5, 0.6) is 11.5 Å². The van der Waals surface area contributed by atoms with E-state index in [9.17, 15) is 0 Å². The molecule has 5 aromatic carbocycles. The quantitative estimate of drug-likeness (QED) is 0.176. The Balaban J connectivity index is 1.10. The van der Waals surface area contributed by atoms with Crippen LogP contribution < -0.4 is 19.4 Å². The van der Waals surface area contributed by atoms with Crippen molar-refractivity contribution in [3.8, 4) is 33.8 Å². The second kappa shape index (κ2) is 13.2. The summed E-state index contributed by atoms with van der Waals surface area (Å²) in [4.78, 5) is 16.7. The first-order valence-electron chi connectivity index (χ1n) is 19.0. The maximum atomic E-state index is 6.78. The molecule has 0 saturated heterocycles. The van der Waals surface area contributed by atoms with Crippen molar-refractivity contribution >= 4 is 40.1 Å². The Bertz CT molecular complexity index is 2560. The fourth-order valence-corrected chi connectivity index (χ4v) is 7.74. The van der Waals surface area contributed by atoms with E-state index >= 15 is 0 Å². The minimum Gasteiger partial charge on any atom is -0.457 e. The molecule has 7 aromatic rings. The van der Waals surface area contributed by atoms with Gasteiger partial charge in [0.2, 0.25) is 0 Å². The predicted octanol–water partition coefficient (Wildman–Crippen LogP) is 13.2. The molecule has 0 saturated carbocycles. The number of pyridine rings is 2. The molecule has 0 fully saturated rings. The number of hydrogen-bond donors (Lipinski definition) is 0. The monoisotopic (exact) mass is 719 g/mol. The van der Waals surface area contributed by atoms with Gasteiger partial charge in [0.25, 0.3) is 0 Å². The Labute approximate surface area is 324 Å². The van der Waals surface area contributed by atoms with Crippen molar-refractivity contribution in [3.05, 3.63) is 163 Å². The van der Waals surface area contributed by atoms with Gasteiger partial charge in [0.1, 0.15) is 29.8 Å². The topological polar surface area (TPSA) is 44.7 Å². The Morgan fingerprint density at radius 1 is 0.455 bits per heavy atom. The highest BCUT2D eigenvalue weighted by molar-refractivity contribution is 6.02. The van der Waals surface area contributed by atoms with E-state index in [4.69, 9.17) is 14.7 Å². The molecular formula is C49H45N5O. The third kappa shape index (κ3) is 6.27. The number of rotatable bonds is 5. The van der Waals surface area contributed by atoms with E-state index in [1.165, 1.54) is 22.3 Å². The number of anilines is 7. The molecule has 0 spiro atoms. The first-order chi connectivity index (χ1) is 26.5. The largest absolute Gasteiger partial charge is 0.457 e. The van der Waals surface area contributed by atoms with Crippen LogP contribution in [0.2, 0.25) is 0 Å². The molecule has 2 aliphatic heterocycles. The van der Waals surface area contributed by atoms with Crippen LogP contribution in [0.4, 0.5) is 40.1 Å². The van der Waals surface area contributed by atoms with Crippen LogP contribution in [0.25, 0.3) is 22.3 Å². The average Bonchev–Trinajstić information content (AvgIpc) is 3.53. The first kappa shape index (κ1) is 34.4. The van der Waals surface area contributed by atoms with E-state index in [1.54, 1.807) is 0 Å². The van der Waals surface area contributed by atoms with Gasteiger partial charge in [-0.05, 0) is 99.8 Å². The van der Waals surface area contributed by atoms with Gasteiger partial charge in [-0.1, -0.05) is 102 Å². The molecule has 0 unspecified atom stereocenters. The third-order valence-electron chi connectivity index (χ3n) is 10.7. The highest BCUT2D eigenvalue weighted by Crippen LogP contribution is 2.52. The van der Waals surface area contributed by atoms with Crippen LogP contribution in [0.1, 0.15) is 52.7 Å². The summed E-state index contributed by atoms with van der Waals surface area (Å²) in [5, 5.41) is 0. The molecule has 0 bridgehead atoms. The summed E-state index contributed by atoms with van der Waals surface area (Å²) >= 11 is 0. The molecule has 9 rings (SSSR count). The third-order valence-corrected chi connectivity index (χ3v) is 10.7. The number of hydrogen-bond acceptors (Lipinski definition) is 6. The molecule has 6 heteroatoms. The second-order valence-corrected chi connectivity index (χ2v) is 16.5. The minimum atomic E-state index is -0.0370. The predicted molar refractivity (Wildman–Crippen MR) is 227 cm³/mol. The lowest BCUT2D eigenvalue weighted by molar-refractivity contribution is 0.483. The van der Waals surface area contributed by atoms with Crippen molar-refractivity contribution in [1.82, 2.24) is 9.97 Å². The van der Waals surface area contributed by atoms with Gasteiger partial charge in [0.15, 0.2) is 0 Å². The number of ether oxygens (including phenoxy) is 1. The molecule has 0 atom stereocenters. The van der Waals surface area contributed by atoms with Gasteiger partial charge in [-0.25, -0.2) is 9.97 Å². The molecule has 272 valence electrons. The number of nitrogens with zero attached hydrogens (tertiary/aromatic N) is 5. The molecular weight excluding hydrogens is 675 g/mol. The van der Waals surface area contributed by atoms with Crippen LogP contribution in [0.15, 0.2) is 152 Å². The zero-order valence-corrected chi connectivity index (χ0v) is 32.3. The van der Waals surface area contributed by atoms with Gasteiger partial charge in [0, 0.05) is 41.3 Å². The summed E-state index contributed by atoms with van der Waals surface area (Å²) < 4.78 is 6.78. The molecule has 2 aromatic heterocycles. The van der Waals surface area contributed by atoms with Gasteiger partial charge in [-0.3, -0.25) is 4.90 Å². The first-order valence-corrected chi connectivity index (χ1v) is 19.0. The molecule has 0 aliphatic carbocycles. The number of aromatic nitrogens is 2. The summed E-state index contributed by atoms with van der Waals surface area (Å²) in [6.45, 7) is 14.1. The molecule has 2 aliphatic rings. The van der Waals surface area contributed by atoms with E-state index in [2.05, 4.69) is 190 Å². The Kier molecular flexibility index (Phi) is 8.23. The maximum absolute atomic E-state index is 6.78. The van der Waals surface area contributed by atoms with E-state index in [1.807, 2.05) is 18.5 Å². The number of fused-ring (bicyclic) bond motifs is 6. The standard InChI is InChI=1S/C49H45N5O/c1-48(2,3)33-24-26-50-46(28-33)53-32-52(43-20-11-12-21-44(43)53)35-14-13-15-36(30-35)55-37-22-23-41-39-17-8-7-16-38(39)40-18-9-10-19-42(40)54(45(41)31-37)47-29-34(25-27-51-47)49(4,5)6/h7-31H,32H2,1-6H3. The van der Waals surface area contributed by atoms with Crippen molar-refractivity contribution in [1.29, 1.82) is 0 Å². The summed E-state index contributed by atoms with van der Waals surface area (Å²) in [6, 6.07) is 49.3. The van der Waals surface area contributed by atoms with Crippen molar-refractivity contribution in [3.63, 3.8) is 0 Å². The zero-order chi connectivity index (χ0) is 37.9. The van der Waals surface area contributed by atoms with Gasteiger partial charge < -0.3 is 14.5 Å². The Hall–Kier alpha value is -6.40. The molecule has 0 radical (unpaired) electrons. The summed E-state index contributed by atoms with van der Waals surface area (Å²) in [5.41, 5.74) is 12.5. The summed E-state index contributed by atoms with van der Waals surface area (Å²) in [6.07, 6.45) is 3.85. The average molecular weight is 720 g/mol. The summed E-state index contributed by atoms with van der Waals surface area (Å²) in [7, 11) is 0. The van der Waals surface area contributed by atoms with Crippen molar-refractivity contribution in [2.24, 2.45) is 0 Å². The summed E-state index contributed by atoms with van der Waals surface area (Å²) in [5.74, 6) is 3.31. The zero-order valence-electron chi connectivity index (χ0n) is 32.3. The van der Waals surface area contributed by atoms with E-state index < -0.39 is 0 Å². The number of para-hydroxylation sites is 3. The van der Waals surface area contributed by atoms with Crippen LogP contribution >= 0.6 is 0 Å². The Morgan fingerprint density at radius 2 is 1.00 bits per heavy atom. The number of benzene rings is 5. The Morgan fingerprint density at radius 3 is 1.67 bits per heavy atom. The fourth-order valence-electron chi connectivity index (χ4n) is 7.74. The molecule has 4 heterocycles. The SMILES string of the molecule is CC(C)(C)c1ccnc(N2CN(c3cccc(Oc4ccc5c(c4)N(c4cc(C(C)(C)C)ccn4)c4ccccc4-c4ccccc4-5)c3)c3ccccc32)c1. The molecule has 0 amide bonds. The highest BCUT2D eigenvalue weighted by Gasteiger charge is 2.31. The molecule has 55 heavy (non-hydrogen) atoms. The van der Waals surface area contributed by atoms with Crippen molar-refractivity contribution in [2.45, 2.75) is 52.4 Å².